The van der Waals surface area contributed by atoms with Crippen LogP contribution in [0.2, 0.25) is 0 Å². The second-order valence-electron chi connectivity index (χ2n) is 7.87. The maximum Gasteiger partial charge on any atom is 0.259 e. The van der Waals surface area contributed by atoms with Crippen molar-refractivity contribution in [2.45, 2.75) is 13.0 Å². The van der Waals surface area contributed by atoms with Gasteiger partial charge in [-0.05, 0) is 12.1 Å². The maximum atomic E-state index is 13.0. The highest BCUT2D eigenvalue weighted by atomic mass is 16.6. The lowest BCUT2D eigenvalue weighted by Crippen LogP contribution is -2.22. The van der Waals surface area contributed by atoms with Gasteiger partial charge in [-0.15, -0.1) is 0 Å². The third-order valence-electron chi connectivity index (χ3n) is 5.90. The van der Waals surface area contributed by atoms with Crippen molar-refractivity contribution in [3.05, 3.63) is 82.2 Å². The van der Waals surface area contributed by atoms with Gasteiger partial charge in [0.15, 0.2) is 0 Å². The van der Waals surface area contributed by atoms with Crippen molar-refractivity contribution >= 4 is 44.8 Å². The maximum absolute atomic E-state index is 13.0. The van der Waals surface area contributed by atoms with Gasteiger partial charge in [0, 0.05) is 70.3 Å². The zero-order valence-electron chi connectivity index (χ0n) is 17.4. The van der Waals surface area contributed by atoms with E-state index in [1.165, 1.54) is 0 Å². The number of amides is 2. The van der Waals surface area contributed by atoms with Gasteiger partial charge in [0.05, 0.1) is 11.1 Å². The molecule has 0 atom stereocenters. The van der Waals surface area contributed by atoms with E-state index in [9.17, 15) is 19.7 Å². The molecule has 0 saturated heterocycles. The van der Waals surface area contributed by atoms with Crippen LogP contribution >= 0.6 is 0 Å². The fourth-order valence-corrected chi connectivity index (χ4v) is 4.51. The molecule has 3 heterocycles. The fourth-order valence-electron chi connectivity index (χ4n) is 4.51. The van der Waals surface area contributed by atoms with E-state index in [0.29, 0.717) is 35.2 Å². The van der Waals surface area contributed by atoms with Crippen LogP contribution in [0.25, 0.3) is 33.0 Å². The van der Waals surface area contributed by atoms with Crippen molar-refractivity contribution in [3.63, 3.8) is 0 Å². The van der Waals surface area contributed by atoms with Gasteiger partial charge in [0.2, 0.25) is 6.54 Å². The molecule has 8 nitrogen and oxygen atoms in total. The normalized spacial score (nSPS) is 14.0. The van der Waals surface area contributed by atoms with Crippen LogP contribution in [0.15, 0.2) is 60.9 Å². The standard InChI is InChI=1S/C24H20N4O4/c1-26-13-17(15-7-2-4-9-19(15)26)21-22(24(30)25-23(21)29)18-14-27(11-6-12-28(31)32)20-10-5-3-8-16(18)20/h2-5,7-10,13-14H,6,11-12H2,1H3,(H,25,29,30). The highest BCUT2D eigenvalue weighted by Gasteiger charge is 2.35. The minimum atomic E-state index is -0.439. The summed E-state index contributed by atoms with van der Waals surface area (Å²) in [7, 11) is 1.90. The van der Waals surface area contributed by atoms with E-state index in [-0.39, 0.29) is 11.5 Å². The summed E-state index contributed by atoms with van der Waals surface area (Å²) in [6, 6.07) is 15.3. The molecule has 0 unspecified atom stereocenters. The van der Waals surface area contributed by atoms with Gasteiger partial charge in [-0.1, -0.05) is 36.4 Å². The second-order valence-corrected chi connectivity index (χ2v) is 7.87. The topological polar surface area (TPSA) is 99.2 Å². The van der Waals surface area contributed by atoms with E-state index in [1.807, 2.05) is 77.1 Å². The number of nitrogens with zero attached hydrogens (tertiary/aromatic N) is 3. The third kappa shape index (κ3) is 3.08. The molecule has 4 aromatic rings. The van der Waals surface area contributed by atoms with Gasteiger partial charge in [-0.3, -0.25) is 25.0 Å². The molecule has 5 rings (SSSR count). The Labute approximate surface area is 182 Å². The molecule has 1 N–H and O–H groups in total. The number of carbonyl (C=O) groups excluding carboxylic acids is 2. The summed E-state index contributed by atoms with van der Waals surface area (Å²) in [5.41, 5.74) is 3.85. The first-order chi connectivity index (χ1) is 15.5. The van der Waals surface area contributed by atoms with Crippen LogP contribution in [0, 0.1) is 10.1 Å². The minimum absolute atomic E-state index is 0.134. The Morgan fingerprint density at radius 2 is 1.44 bits per heavy atom. The molecule has 0 bridgehead atoms. The van der Waals surface area contributed by atoms with Crippen LogP contribution in [-0.4, -0.2) is 32.4 Å². The second kappa shape index (κ2) is 7.49. The smallest absolute Gasteiger partial charge is 0.259 e. The highest BCUT2D eigenvalue weighted by Crippen LogP contribution is 2.38. The summed E-state index contributed by atoms with van der Waals surface area (Å²) in [4.78, 5) is 36.3. The molecular weight excluding hydrogens is 408 g/mol. The average Bonchev–Trinajstić information content (AvgIpc) is 3.39. The van der Waals surface area contributed by atoms with Gasteiger partial charge in [0.1, 0.15) is 0 Å². The number of aromatic nitrogens is 2. The van der Waals surface area contributed by atoms with E-state index in [4.69, 9.17) is 0 Å². The van der Waals surface area contributed by atoms with E-state index in [1.54, 1.807) is 0 Å². The summed E-state index contributed by atoms with van der Waals surface area (Å²) in [5, 5.41) is 14.9. The first-order valence-corrected chi connectivity index (χ1v) is 10.3. The van der Waals surface area contributed by atoms with Crippen molar-refractivity contribution in [1.82, 2.24) is 14.5 Å². The number of hydrogen-bond acceptors (Lipinski definition) is 4. The van der Waals surface area contributed by atoms with E-state index >= 15 is 0 Å². The highest BCUT2D eigenvalue weighted by molar-refractivity contribution is 6.50. The molecule has 2 aromatic heterocycles. The Balaban J connectivity index is 1.73. The third-order valence-corrected chi connectivity index (χ3v) is 5.90. The summed E-state index contributed by atoms with van der Waals surface area (Å²) in [6.45, 7) is 0.304. The minimum Gasteiger partial charge on any atom is -0.350 e. The van der Waals surface area contributed by atoms with Crippen molar-refractivity contribution in [3.8, 4) is 0 Å². The van der Waals surface area contributed by atoms with Gasteiger partial charge < -0.3 is 9.13 Å². The monoisotopic (exact) mass is 428 g/mol. The molecule has 160 valence electrons. The zero-order valence-corrected chi connectivity index (χ0v) is 17.4. The fraction of sp³-hybridized carbons (Fsp3) is 0.167. The summed E-state index contributed by atoms with van der Waals surface area (Å²) in [5.74, 6) is -0.863. The first-order valence-electron chi connectivity index (χ1n) is 10.3. The van der Waals surface area contributed by atoms with Crippen LogP contribution in [0.5, 0.6) is 0 Å². The molecule has 1 aliphatic heterocycles. The molecule has 2 amide bonds. The van der Waals surface area contributed by atoms with Gasteiger partial charge >= 0.3 is 0 Å². The average molecular weight is 428 g/mol. The Morgan fingerprint density at radius 3 is 2.09 bits per heavy atom. The summed E-state index contributed by atoms with van der Waals surface area (Å²) < 4.78 is 3.85. The van der Waals surface area contributed by atoms with Crippen LogP contribution in [0.1, 0.15) is 17.5 Å². The first kappa shape index (κ1) is 19.7. The predicted molar refractivity (Wildman–Crippen MR) is 121 cm³/mol. The quantitative estimate of drug-likeness (QED) is 0.289. The van der Waals surface area contributed by atoms with Gasteiger partial charge in [-0.2, -0.15) is 0 Å². The molecule has 0 aliphatic carbocycles. The molecule has 32 heavy (non-hydrogen) atoms. The molecule has 0 fully saturated rings. The largest absolute Gasteiger partial charge is 0.350 e. The van der Waals surface area contributed by atoms with Crippen molar-refractivity contribution < 1.29 is 14.5 Å². The van der Waals surface area contributed by atoms with Gasteiger partial charge in [-0.25, -0.2) is 0 Å². The molecule has 0 spiro atoms. The molecule has 8 heteroatoms. The van der Waals surface area contributed by atoms with Crippen LogP contribution in [0.4, 0.5) is 0 Å². The lowest BCUT2D eigenvalue weighted by Gasteiger charge is -2.03. The van der Waals surface area contributed by atoms with E-state index in [0.717, 1.165) is 21.8 Å². The number of benzene rings is 2. The number of nitrogens with one attached hydrogen (secondary N) is 1. The molecule has 0 saturated carbocycles. The van der Waals surface area contributed by atoms with Gasteiger partial charge in [0.25, 0.3) is 11.8 Å². The number of para-hydroxylation sites is 2. The number of fused-ring (bicyclic) bond motifs is 2. The molecule has 1 aliphatic rings. The SMILES string of the molecule is Cn1cc(C2=C(c3cn(CCC[N+](=O)[O-])c4ccccc34)C(=O)NC2=O)c2ccccc21. The summed E-state index contributed by atoms with van der Waals surface area (Å²) in [6.07, 6.45) is 4.06. The lowest BCUT2D eigenvalue weighted by atomic mass is 9.95. The van der Waals surface area contributed by atoms with Crippen LogP contribution in [0.3, 0.4) is 0 Å². The van der Waals surface area contributed by atoms with Crippen molar-refractivity contribution in [1.29, 1.82) is 0 Å². The lowest BCUT2D eigenvalue weighted by molar-refractivity contribution is -0.480. The Kier molecular flexibility index (Phi) is 4.62. The van der Waals surface area contributed by atoms with Crippen LogP contribution in [-0.2, 0) is 23.2 Å². The number of imide groups is 1. The van der Waals surface area contributed by atoms with Crippen LogP contribution < -0.4 is 5.32 Å². The number of rotatable bonds is 6. The van der Waals surface area contributed by atoms with Crippen molar-refractivity contribution in [2.24, 2.45) is 7.05 Å². The number of nitro groups is 1. The Bertz CT molecular complexity index is 1460. The Morgan fingerprint density at radius 1 is 0.875 bits per heavy atom. The van der Waals surface area contributed by atoms with E-state index in [2.05, 4.69) is 5.32 Å². The van der Waals surface area contributed by atoms with E-state index < -0.39 is 11.8 Å². The Hall–Kier alpha value is -4.20. The number of aryl methyl sites for hydroxylation is 2. The predicted octanol–water partition coefficient (Wildman–Crippen LogP) is 3.37. The molecular formula is C24H20N4O4. The number of carbonyl (C=O) groups is 2. The zero-order chi connectivity index (χ0) is 22.4. The summed E-state index contributed by atoms with van der Waals surface area (Å²) >= 11 is 0. The molecule has 0 radical (unpaired) electrons. The number of hydrogen-bond donors (Lipinski definition) is 1. The molecule has 2 aromatic carbocycles. The van der Waals surface area contributed by atoms with Crippen molar-refractivity contribution in [2.75, 3.05) is 6.54 Å².